The Hall–Kier alpha value is -3.54. The number of piperidine rings is 1. The van der Waals surface area contributed by atoms with Crippen molar-refractivity contribution in [3.05, 3.63) is 78.0 Å². The Balaban J connectivity index is 1.38. The average molecular weight is 442 g/mol. The molecule has 1 aliphatic heterocycles. The van der Waals surface area contributed by atoms with Crippen LogP contribution < -0.4 is 5.32 Å². The lowest BCUT2D eigenvalue weighted by Gasteiger charge is -2.30. The first-order valence-corrected chi connectivity index (χ1v) is 11.4. The monoisotopic (exact) mass is 441 g/mol. The van der Waals surface area contributed by atoms with Gasteiger partial charge >= 0.3 is 0 Å². The highest BCUT2D eigenvalue weighted by Crippen LogP contribution is 2.65. The van der Waals surface area contributed by atoms with Gasteiger partial charge < -0.3 is 15.0 Å². The van der Waals surface area contributed by atoms with Gasteiger partial charge in [0.05, 0.1) is 11.6 Å². The van der Waals surface area contributed by atoms with Gasteiger partial charge in [0.25, 0.3) is 5.91 Å². The molecule has 2 aliphatic rings. The standard InChI is InChI=1S/C27H27N3O3/c1-27(2)20-15-30(26(33)22-13-12-18-10-6-7-11-21(18)29-22)24(23(20)27)25(32)28-19(16-31)14-17-8-4-3-5-9-17/h3-13,16,19-20,23-24H,14-15H2,1-2H3,(H,28,32)/t19-,20-,23-,24?/m0/s1. The highest BCUT2D eigenvalue weighted by atomic mass is 16.2. The molecule has 0 bridgehead atoms. The predicted molar refractivity (Wildman–Crippen MR) is 125 cm³/mol. The molecule has 6 nitrogen and oxygen atoms in total. The van der Waals surface area contributed by atoms with Crippen LogP contribution in [-0.2, 0) is 16.0 Å². The number of hydrogen-bond donors (Lipinski definition) is 1. The molecule has 168 valence electrons. The van der Waals surface area contributed by atoms with Gasteiger partial charge in [-0.25, -0.2) is 4.98 Å². The third-order valence-corrected chi connectivity index (χ3v) is 7.35. The summed E-state index contributed by atoms with van der Waals surface area (Å²) in [6.07, 6.45) is 1.19. The fourth-order valence-electron chi connectivity index (χ4n) is 5.40. The van der Waals surface area contributed by atoms with Gasteiger partial charge in [0.1, 0.15) is 18.0 Å². The maximum atomic E-state index is 13.4. The number of likely N-dealkylation sites (tertiary alicyclic amines) is 1. The molecule has 0 radical (unpaired) electrons. The molecule has 1 N–H and O–H groups in total. The summed E-state index contributed by atoms with van der Waals surface area (Å²) in [5, 5.41) is 3.86. The maximum absolute atomic E-state index is 13.4. The van der Waals surface area contributed by atoms with Crippen LogP contribution in [0.2, 0.25) is 0 Å². The summed E-state index contributed by atoms with van der Waals surface area (Å²) in [6, 6.07) is 19.6. The average Bonchev–Trinajstić information content (AvgIpc) is 3.17. The SMILES string of the molecule is CC1(C)[C@@H]2C(C(=O)N[C@H](C=O)Cc3ccccc3)N(C(=O)c3ccc4ccccc4n3)C[C@@H]21. The number of aromatic nitrogens is 1. The molecule has 1 aliphatic carbocycles. The zero-order valence-electron chi connectivity index (χ0n) is 18.8. The molecule has 2 heterocycles. The van der Waals surface area contributed by atoms with E-state index in [-0.39, 0.29) is 29.1 Å². The minimum atomic E-state index is -0.642. The molecule has 2 amide bonds. The van der Waals surface area contributed by atoms with Crippen LogP contribution >= 0.6 is 0 Å². The van der Waals surface area contributed by atoms with Crippen molar-refractivity contribution in [3.8, 4) is 0 Å². The number of hydrogen-bond acceptors (Lipinski definition) is 4. The van der Waals surface area contributed by atoms with Gasteiger partial charge in [-0.15, -0.1) is 0 Å². The van der Waals surface area contributed by atoms with Crippen molar-refractivity contribution in [1.82, 2.24) is 15.2 Å². The first kappa shape index (κ1) is 21.3. The number of pyridine rings is 1. The van der Waals surface area contributed by atoms with Crippen LogP contribution in [0.25, 0.3) is 10.9 Å². The predicted octanol–water partition coefficient (Wildman–Crippen LogP) is 3.26. The molecule has 1 saturated carbocycles. The van der Waals surface area contributed by atoms with Gasteiger partial charge in [-0.05, 0) is 41.4 Å². The number of aldehydes is 1. The molecule has 1 saturated heterocycles. The smallest absolute Gasteiger partial charge is 0.273 e. The van der Waals surface area contributed by atoms with E-state index < -0.39 is 12.1 Å². The number of benzene rings is 2. The summed E-state index contributed by atoms with van der Waals surface area (Å²) < 4.78 is 0. The molecule has 0 spiro atoms. The van der Waals surface area contributed by atoms with Crippen molar-refractivity contribution in [1.29, 1.82) is 0 Å². The highest BCUT2D eigenvalue weighted by Gasteiger charge is 2.69. The molecule has 5 rings (SSSR count). The van der Waals surface area contributed by atoms with E-state index in [1.54, 1.807) is 11.0 Å². The summed E-state index contributed by atoms with van der Waals surface area (Å²) in [5.74, 6) is -0.169. The van der Waals surface area contributed by atoms with Gasteiger partial charge in [0, 0.05) is 11.9 Å². The minimum Gasteiger partial charge on any atom is -0.344 e. The number of nitrogens with one attached hydrogen (secondary N) is 1. The van der Waals surface area contributed by atoms with E-state index in [1.165, 1.54) is 0 Å². The Bertz CT molecular complexity index is 1220. The number of fused-ring (bicyclic) bond motifs is 2. The number of rotatable bonds is 6. The van der Waals surface area contributed by atoms with Gasteiger partial charge in [-0.1, -0.05) is 68.4 Å². The van der Waals surface area contributed by atoms with Crippen molar-refractivity contribution < 1.29 is 14.4 Å². The van der Waals surface area contributed by atoms with E-state index in [0.29, 0.717) is 18.7 Å². The molecular weight excluding hydrogens is 414 g/mol. The van der Waals surface area contributed by atoms with Crippen LogP contribution in [-0.4, -0.2) is 46.6 Å². The molecule has 33 heavy (non-hydrogen) atoms. The Kier molecular flexibility index (Phi) is 5.23. The van der Waals surface area contributed by atoms with Gasteiger partial charge in [-0.2, -0.15) is 0 Å². The second-order valence-electron chi connectivity index (χ2n) is 9.69. The Labute approximate surface area is 193 Å². The zero-order valence-corrected chi connectivity index (χ0v) is 18.8. The molecule has 2 fully saturated rings. The number of para-hydroxylation sites is 1. The first-order chi connectivity index (χ1) is 15.9. The lowest BCUT2D eigenvalue weighted by atomic mass is 9.99. The van der Waals surface area contributed by atoms with Crippen LogP contribution in [0.15, 0.2) is 66.7 Å². The second-order valence-corrected chi connectivity index (χ2v) is 9.69. The van der Waals surface area contributed by atoms with Crippen molar-refractivity contribution >= 4 is 29.0 Å². The number of amides is 2. The fourth-order valence-corrected chi connectivity index (χ4v) is 5.40. The third-order valence-electron chi connectivity index (χ3n) is 7.35. The summed E-state index contributed by atoms with van der Waals surface area (Å²) in [4.78, 5) is 44.8. The zero-order chi connectivity index (χ0) is 23.2. The van der Waals surface area contributed by atoms with Crippen molar-refractivity contribution in [2.75, 3.05) is 6.54 Å². The first-order valence-electron chi connectivity index (χ1n) is 11.4. The number of carbonyl (C=O) groups is 3. The summed E-state index contributed by atoms with van der Waals surface area (Å²) in [5.41, 5.74) is 2.05. The summed E-state index contributed by atoms with van der Waals surface area (Å²) in [6.45, 7) is 4.80. The molecular formula is C27H27N3O3. The number of nitrogens with zero attached hydrogens (tertiary/aromatic N) is 2. The molecule has 4 atom stereocenters. The topological polar surface area (TPSA) is 79.4 Å². The van der Waals surface area contributed by atoms with Crippen LogP contribution in [0.1, 0.15) is 29.9 Å². The lowest BCUT2D eigenvalue weighted by molar-refractivity contribution is -0.128. The van der Waals surface area contributed by atoms with E-state index in [0.717, 1.165) is 22.8 Å². The maximum Gasteiger partial charge on any atom is 0.273 e. The van der Waals surface area contributed by atoms with Crippen LogP contribution in [0.3, 0.4) is 0 Å². The summed E-state index contributed by atoms with van der Waals surface area (Å²) in [7, 11) is 0. The highest BCUT2D eigenvalue weighted by molar-refractivity contribution is 5.99. The molecule has 3 aromatic rings. The van der Waals surface area contributed by atoms with Crippen LogP contribution in [0.4, 0.5) is 0 Å². The van der Waals surface area contributed by atoms with E-state index in [1.807, 2.05) is 60.7 Å². The lowest BCUT2D eigenvalue weighted by Crippen LogP contribution is -2.52. The molecule has 1 unspecified atom stereocenters. The second kappa shape index (κ2) is 8.10. The normalized spacial score (nSPS) is 23.6. The van der Waals surface area contributed by atoms with E-state index in [9.17, 15) is 14.4 Å². The van der Waals surface area contributed by atoms with Gasteiger partial charge in [0.15, 0.2) is 0 Å². The van der Waals surface area contributed by atoms with Crippen molar-refractivity contribution in [2.24, 2.45) is 17.3 Å². The van der Waals surface area contributed by atoms with E-state index >= 15 is 0 Å². The molecule has 2 aromatic carbocycles. The number of carbonyl (C=O) groups excluding carboxylic acids is 3. The third kappa shape index (κ3) is 3.80. The molecule has 6 heteroatoms. The Morgan fingerprint density at radius 2 is 1.82 bits per heavy atom. The van der Waals surface area contributed by atoms with Crippen LogP contribution in [0.5, 0.6) is 0 Å². The minimum absolute atomic E-state index is 0.00823. The van der Waals surface area contributed by atoms with Gasteiger partial charge in [0.2, 0.25) is 5.91 Å². The van der Waals surface area contributed by atoms with Crippen molar-refractivity contribution in [3.63, 3.8) is 0 Å². The Morgan fingerprint density at radius 3 is 2.58 bits per heavy atom. The van der Waals surface area contributed by atoms with E-state index in [4.69, 9.17) is 0 Å². The van der Waals surface area contributed by atoms with Crippen molar-refractivity contribution in [2.45, 2.75) is 32.4 Å². The summed E-state index contributed by atoms with van der Waals surface area (Å²) >= 11 is 0. The fraction of sp³-hybridized carbons (Fsp3) is 0.333. The Morgan fingerprint density at radius 1 is 1.09 bits per heavy atom. The van der Waals surface area contributed by atoms with Gasteiger partial charge in [-0.3, -0.25) is 9.59 Å². The quantitative estimate of drug-likeness (QED) is 0.596. The largest absolute Gasteiger partial charge is 0.344 e. The van der Waals surface area contributed by atoms with E-state index in [2.05, 4.69) is 24.1 Å². The van der Waals surface area contributed by atoms with Crippen LogP contribution in [0, 0.1) is 17.3 Å². The molecule has 1 aromatic heterocycles.